The van der Waals surface area contributed by atoms with Crippen molar-refractivity contribution < 1.29 is 13.5 Å². The zero-order chi connectivity index (χ0) is 15.2. The fraction of sp³-hybridized carbons (Fsp3) is 0.188. The van der Waals surface area contributed by atoms with E-state index < -0.39 is 17.7 Å². The fourth-order valence-corrected chi connectivity index (χ4v) is 2.04. The van der Waals surface area contributed by atoms with Gasteiger partial charge in [-0.3, -0.25) is 0 Å². The molecule has 0 spiro atoms. The lowest BCUT2D eigenvalue weighted by molar-refractivity contribution is 0.0926. The summed E-state index contributed by atoms with van der Waals surface area (Å²) in [5, 5.41) is 8.80. The topological polar surface area (TPSA) is 33.0 Å². The number of ether oxygens (including phenoxy) is 1. The van der Waals surface area contributed by atoms with Crippen molar-refractivity contribution >= 4 is 11.6 Å². The Hall–Kier alpha value is -1.96. The molecule has 0 fully saturated rings. The number of hydrogen-bond acceptors (Lipinski definition) is 2. The molecule has 0 aromatic heterocycles. The van der Waals surface area contributed by atoms with Gasteiger partial charge in [-0.2, -0.15) is 5.26 Å². The predicted octanol–water partition coefficient (Wildman–Crippen LogP) is 4.18. The van der Waals surface area contributed by atoms with E-state index in [0.29, 0.717) is 11.1 Å². The van der Waals surface area contributed by atoms with Gasteiger partial charge >= 0.3 is 0 Å². The predicted molar refractivity (Wildman–Crippen MR) is 76.0 cm³/mol. The van der Waals surface area contributed by atoms with Gasteiger partial charge in [-0.25, -0.2) is 8.78 Å². The maximum absolute atomic E-state index is 13.4. The van der Waals surface area contributed by atoms with Gasteiger partial charge in [-0.05, 0) is 35.4 Å². The number of hydrogen-bond donors (Lipinski definition) is 0. The molecule has 2 rings (SSSR count). The molecule has 21 heavy (non-hydrogen) atoms. The summed E-state index contributed by atoms with van der Waals surface area (Å²) in [6.07, 6.45) is -0.563. The maximum Gasteiger partial charge on any atom is 0.159 e. The first kappa shape index (κ1) is 15.4. The van der Waals surface area contributed by atoms with E-state index in [0.717, 1.165) is 17.7 Å². The highest BCUT2D eigenvalue weighted by molar-refractivity contribution is 6.17. The number of benzene rings is 2. The third-order valence-corrected chi connectivity index (χ3v) is 3.10. The molecule has 0 heterocycles. The van der Waals surface area contributed by atoms with E-state index in [-0.39, 0.29) is 12.5 Å². The van der Waals surface area contributed by atoms with E-state index in [1.165, 1.54) is 6.07 Å². The van der Waals surface area contributed by atoms with Crippen LogP contribution in [-0.2, 0) is 4.74 Å². The van der Waals surface area contributed by atoms with Crippen LogP contribution in [0.5, 0.6) is 0 Å². The summed E-state index contributed by atoms with van der Waals surface area (Å²) in [6.45, 7) is 0.269. The van der Waals surface area contributed by atoms with Crippen LogP contribution in [0.25, 0.3) is 0 Å². The highest BCUT2D eigenvalue weighted by Gasteiger charge is 2.16. The monoisotopic (exact) mass is 307 g/mol. The molecule has 2 aromatic carbocycles. The Kier molecular flexibility index (Phi) is 5.26. The Labute approximate surface area is 126 Å². The lowest BCUT2D eigenvalue weighted by Crippen LogP contribution is -2.09. The summed E-state index contributed by atoms with van der Waals surface area (Å²) >= 11 is 5.62. The van der Waals surface area contributed by atoms with E-state index >= 15 is 0 Å². The fourth-order valence-electron chi connectivity index (χ4n) is 1.96. The molecule has 0 saturated heterocycles. The number of nitriles is 1. The largest absolute Gasteiger partial charge is 0.368 e. The van der Waals surface area contributed by atoms with E-state index in [1.54, 1.807) is 24.3 Å². The number of halogens is 3. The lowest BCUT2D eigenvalue weighted by atomic mass is 10.00. The van der Waals surface area contributed by atoms with Crippen LogP contribution in [0.4, 0.5) is 8.78 Å². The SMILES string of the molecule is N#Cc1ccc(C(OCCCl)c2ccc(F)c(F)c2)cc1. The molecule has 2 aromatic rings. The average Bonchev–Trinajstić information content (AvgIpc) is 2.51. The van der Waals surface area contributed by atoms with Crippen molar-refractivity contribution in [3.8, 4) is 6.07 Å². The minimum absolute atomic E-state index is 0.269. The van der Waals surface area contributed by atoms with E-state index in [9.17, 15) is 8.78 Å². The van der Waals surface area contributed by atoms with Crippen molar-refractivity contribution in [2.24, 2.45) is 0 Å². The molecule has 0 saturated carbocycles. The van der Waals surface area contributed by atoms with Crippen LogP contribution >= 0.6 is 11.6 Å². The zero-order valence-electron chi connectivity index (χ0n) is 11.0. The molecule has 0 radical (unpaired) electrons. The number of alkyl halides is 1. The molecule has 0 amide bonds. The van der Waals surface area contributed by atoms with Gasteiger partial charge in [0.05, 0.1) is 18.2 Å². The molecule has 0 aliphatic carbocycles. The molecule has 0 N–H and O–H groups in total. The highest BCUT2D eigenvalue weighted by atomic mass is 35.5. The van der Waals surface area contributed by atoms with Gasteiger partial charge in [0.25, 0.3) is 0 Å². The van der Waals surface area contributed by atoms with Crippen LogP contribution in [0.15, 0.2) is 42.5 Å². The maximum atomic E-state index is 13.4. The van der Waals surface area contributed by atoms with E-state index in [1.807, 2.05) is 6.07 Å². The van der Waals surface area contributed by atoms with Gasteiger partial charge < -0.3 is 4.74 Å². The summed E-state index contributed by atoms with van der Waals surface area (Å²) in [6, 6.07) is 12.4. The van der Waals surface area contributed by atoms with Crippen LogP contribution in [0, 0.1) is 23.0 Å². The molecule has 0 bridgehead atoms. The van der Waals surface area contributed by atoms with Crippen LogP contribution in [0.2, 0.25) is 0 Å². The summed E-state index contributed by atoms with van der Waals surface area (Å²) < 4.78 is 32.1. The second kappa shape index (κ2) is 7.16. The Morgan fingerprint density at radius 3 is 2.29 bits per heavy atom. The molecule has 1 unspecified atom stereocenters. The smallest absolute Gasteiger partial charge is 0.159 e. The highest BCUT2D eigenvalue weighted by Crippen LogP contribution is 2.27. The summed E-state index contributed by atoms with van der Waals surface area (Å²) in [7, 11) is 0. The Bertz CT molecular complexity index is 652. The van der Waals surface area contributed by atoms with Crippen LogP contribution in [0.3, 0.4) is 0 Å². The summed E-state index contributed by atoms with van der Waals surface area (Å²) in [4.78, 5) is 0. The Balaban J connectivity index is 2.36. The molecule has 0 aliphatic heterocycles. The van der Waals surface area contributed by atoms with Gasteiger partial charge in [0, 0.05) is 5.88 Å². The van der Waals surface area contributed by atoms with Crippen LogP contribution < -0.4 is 0 Å². The molecule has 2 nitrogen and oxygen atoms in total. The van der Waals surface area contributed by atoms with E-state index in [2.05, 4.69) is 0 Å². The standard InChI is InChI=1S/C16H12ClF2NO/c17-7-8-21-16(12-3-1-11(10-20)2-4-12)13-5-6-14(18)15(19)9-13/h1-6,9,16H,7-8H2. The molecule has 0 aliphatic rings. The molecule has 108 valence electrons. The second-order valence-corrected chi connectivity index (χ2v) is 4.73. The normalized spacial score (nSPS) is 11.9. The van der Waals surface area contributed by atoms with Crippen molar-refractivity contribution in [1.82, 2.24) is 0 Å². The van der Waals surface area contributed by atoms with Gasteiger partial charge in [-0.1, -0.05) is 18.2 Å². The van der Waals surface area contributed by atoms with Crippen molar-refractivity contribution in [3.05, 3.63) is 70.8 Å². The van der Waals surface area contributed by atoms with Gasteiger partial charge in [0.2, 0.25) is 0 Å². The van der Waals surface area contributed by atoms with Crippen molar-refractivity contribution in [2.75, 3.05) is 12.5 Å². The van der Waals surface area contributed by atoms with Gasteiger partial charge in [0.15, 0.2) is 11.6 Å². The number of rotatable bonds is 5. The zero-order valence-corrected chi connectivity index (χ0v) is 11.8. The van der Waals surface area contributed by atoms with Crippen LogP contribution in [0.1, 0.15) is 22.8 Å². The van der Waals surface area contributed by atoms with Crippen molar-refractivity contribution in [2.45, 2.75) is 6.10 Å². The molecular weight excluding hydrogens is 296 g/mol. The first-order valence-corrected chi connectivity index (χ1v) is 6.81. The summed E-state index contributed by atoms with van der Waals surface area (Å²) in [5.74, 6) is -1.55. The first-order chi connectivity index (χ1) is 10.2. The summed E-state index contributed by atoms with van der Waals surface area (Å²) in [5.41, 5.74) is 1.74. The van der Waals surface area contributed by atoms with Crippen LogP contribution in [-0.4, -0.2) is 12.5 Å². The first-order valence-electron chi connectivity index (χ1n) is 6.28. The van der Waals surface area contributed by atoms with Crippen molar-refractivity contribution in [1.29, 1.82) is 5.26 Å². The quantitative estimate of drug-likeness (QED) is 0.776. The Morgan fingerprint density at radius 1 is 1.05 bits per heavy atom. The van der Waals surface area contributed by atoms with Gasteiger partial charge in [0.1, 0.15) is 6.10 Å². The van der Waals surface area contributed by atoms with Gasteiger partial charge in [-0.15, -0.1) is 11.6 Å². The van der Waals surface area contributed by atoms with Crippen molar-refractivity contribution in [3.63, 3.8) is 0 Å². The minimum Gasteiger partial charge on any atom is -0.368 e. The molecule has 1 atom stereocenters. The average molecular weight is 308 g/mol. The molecular formula is C16H12ClF2NO. The van der Waals surface area contributed by atoms with E-state index in [4.69, 9.17) is 21.6 Å². The third kappa shape index (κ3) is 3.78. The molecule has 5 heteroatoms. The second-order valence-electron chi connectivity index (χ2n) is 4.35. The third-order valence-electron chi connectivity index (χ3n) is 2.95. The lowest BCUT2D eigenvalue weighted by Gasteiger charge is -2.18. The Morgan fingerprint density at radius 2 is 1.71 bits per heavy atom. The minimum atomic E-state index is -0.930. The number of nitrogens with zero attached hydrogens (tertiary/aromatic N) is 1.